The fraction of sp³-hybridized carbons (Fsp3) is 0.917. The maximum atomic E-state index is 11.9. The normalized spacial score (nSPS) is 32.8. The van der Waals surface area contributed by atoms with Crippen molar-refractivity contribution < 1.29 is 9.53 Å². The van der Waals surface area contributed by atoms with E-state index in [9.17, 15) is 4.79 Å². The van der Waals surface area contributed by atoms with E-state index in [0.29, 0.717) is 0 Å². The minimum Gasteiger partial charge on any atom is -0.373 e. The van der Waals surface area contributed by atoms with Gasteiger partial charge in [-0.1, -0.05) is 0 Å². The van der Waals surface area contributed by atoms with Gasteiger partial charge in [0.1, 0.15) is 0 Å². The number of rotatable bonds is 1. The predicted octanol–water partition coefficient (Wildman–Crippen LogP) is 0.895. The average molecular weight is 226 g/mol. The average Bonchev–Trinajstić information content (AvgIpc) is 2.29. The SMILES string of the molecule is C[C@H](N)C(=O)N1CCC[C@@]2(CCCCO2)C1. The second kappa shape index (κ2) is 4.72. The third-order valence-corrected chi connectivity index (χ3v) is 3.68. The number of hydrogen-bond donors (Lipinski definition) is 1. The van der Waals surface area contributed by atoms with Crippen LogP contribution < -0.4 is 5.73 Å². The van der Waals surface area contributed by atoms with Crippen molar-refractivity contribution >= 4 is 5.91 Å². The van der Waals surface area contributed by atoms with E-state index in [4.69, 9.17) is 10.5 Å². The third kappa shape index (κ3) is 2.38. The van der Waals surface area contributed by atoms with Gasteiger partial charge < -0.3 is 15.4 Å². The highest BCUT2D eigenvalue weighted by Crippen LogP contribution is 2.33. The van der Waals surface area contributed by atoms with E-state index < -0.39 is 6.04 Å². The summed E-state index contributed by atoms with van der Waals surface area (Å²) < 4.78 is 5.93. The number of amides is 1. The quantitative estimate of drug-likeness (QED) is 0.722. The van der Waals surface area contributed by atoms with Crippen LogP contribution in [0.15, 0.2) is 0 Å². The van der Waals surface area contributed by atoms with Gasteiger partial charge in [-0.25, -0.2) is 0 Å². The first kappa shape index (κ1) is 11.9. The Morgan fingerprint density at radius 3 is 2.75 bits per heavy atom. The van der Waals surface area contributed by atoms with Gasteiger partial charge in [-0.05, 0) is 39.0 Å². The van der Waals surface area contributed by atoms with Crippen LogP contribution in [0.5, 0.6) is 0 Å². The molecule has 2 aliphatic heterocycles. The summed E-state index contributed by atoms with van der Waals surface area (Å²) in [5.74, 6) is 0.0632. The van der Waals surface area contributed by atoms with Gasteiger partial charge in [-0.3, -0.25) is 4.79 Å². The molecule has 1 amide bonds. The summed E-state index contributed by atoms with van der Waals surface area (Å²) in [4.78, 5) is 13.8. The molecule has 2 fully saturated rings. The summed E-state index contributed by atoms with van der Waals surface area (Å²) >= 11 is 0. The van der Waals surface area contributed by atoms with Gasteiger partial charge in [-0.15, -0.1) is 0 Å². The highest BCUT2D eigenvalue weighted by Gasteiger charge is 2.39. The van der Waals surface area contributed by atoms with Gasteiger partial charge in [0.25, 0.3) is 0 Å². The van der Waals surface area contributed by atoms with Gasteiger partial charge in [0.2, 0.25) is 5.91 Å². The standard InChI is InChI=1S/C12H22N2O2/c1-10(13)11(15)14-7-4-6-12(9-14)5-2-3-8-16-12/h10H,2-9,13H2,1H3/t10-,12-/m0/s1. The highest BCUT2D eigenvalue weighted by atomic mass is 16.5. The van der Waals surface area contributed by atoms with Crippen LogP contribution >= 0.6 is 0 Å². The maximum absolute atomic E-state index is 11.9. The van der Waals surface area contributed by atoms with Crippen LogP contribution in [0.1, 0.15) is 39.0 Å². The number of nitrogens with zero attached hydrogens (tertiary/aromatic N) is 1. The third-order valence-electron chi connectivity index (χ3n) is 3.68. The molecule has 2 heterocycles. The van der Waals surface area contributed by atoms with Gasteiger partial charge in [0.05, 0.1) is 11.6 Å². The minimum atomic E-state index is -0.390. The molecule has 2 atom stereocenters. The molecule has 0 aromatic heterocycles. The van der Waals surface area contributed by atoms with Gasteiger partial charge in [0.15, 0.2) is 0 Å². The Morgan fingerprint density at radius 1 is 1.38 bits per heavy atom. The zero-order valence-electron chi connectivity index (χ0n) is 10.1. The van der Waals surface area contributed by atoms with Crippen molar-refractivity contribution in [2.24, 2.45) is 5.73 Å². The number of carbonyl (C=O) groups is 1. The number of nitrogens with two attached hydrogens (primary N) is 1. The molecule has 0 saturated carbocycles. The Labute approximate surface area is 97.1 Å². The Balaban J connectivity index is 2.00. The molecule has 0 aromatic rings. The molecule has 92 valence electrons. The Bertz CT molecular complexity index is 254. The van der Waals surface area contributed by atoms with Crippen molar-refractivity contribution in [1.82, 2.24) is 4.90 Å². The van der Waals surface area contributed by atoms with Crippen molar-refractivity contribution in [3.05, 3.63) is 0 Å². The van der Waals surface area contributed by atoms with Crippen molar-refractivity contribution in [3.8, 4) is 0 Å². The lowest BCUT2D eigenvalue weighted by Crippen LogP contribution is -2.55. The summed E-state index contributed by atoms with van der Waals surface area (Å²) in [5, 5.41) is 0. The fourth-order valence-corrected chi connectivity index (χ4v) is 2.81. The molecule has 4 nitrogen and oxygen atoms in total. The van der Waals surface area contributed by atoms with E-state index in [2.05, 4.69) is 0 Å². The van der Waals surface area contributed by atoms with E-state index in [1.165, 1.54) is 6.42 Å². The summed E-state index contributed by atoms with van der Waals surface area (Å²) in [5.41, 5.74) is 5.60. The number of ether oxygens (including phenoxy) is 1. The fourth-order valence-electron chi connectivity index (χ4n) is 2.81. The van der Waals surface area contributed by atoms with Crippen molar-refractivity contribution in [1.29, 1.82) is 0 Å². The lowest BCUT2D eigenvalue weighted by molar-refractivity contribution is -0.149. The summed E-state index contributed by atoms with van der Waals surface area (Å²) in [6.45, 7) is 4.18. The van der Waals surface area contributed by atoms with Crippen LogP contribution in [0.4, 0.5) is 0 Å². The molecular weight excluding hydrogens is 204 g/mol. The monoisotopic (exact) mass is 226 g/mol. The molecule has 2 saturated heterocycles. The van der Waals surface area contributed by atoms with E-state index in [1.54, 1.807) is 6.92 Å². The molecule has 1 spiro atoms. The van der Waals surface area contributed by atoms with Gasteiger partial charge in [0, 0.05) is 19.7 Å². The number of likely N-dealkylation sites (tertiary alicyclic amines) is 1. The number of piperidine rings is 1. The van der Waals surface area contributed by atoms with Crippen LogP contribution in [0, 0.1) is 0 Å². The van der Waals surface area contributed by atoms with Crippen molar-refractivity contribution in [2.45, 2.75) is 50.7 Å². The first-order valence-electron chi connectivity index (χ1n) is 6.31. The Morgan fingerprint density at radius 2 is 2.12 bits per heavy atom. The second-order valence-corrected chi connectivity index (χ2v) is 5.14. The van der Waals surface area contributed by atoms with Crippen LogP contribution in [0.2, 0.25) is 0 Å². The Kier molecular flexibility index (Phi) is 3.50. The zero-order valence-corrected chi connectivity index (χ0v) is 10.1. The highest BCUT2D eigenvalue weighted by molar-refractivity contribution is 5.81. The van der Waals surface area contributed by atoms with Crippen LogP contribution in [-0.2, 0) is 9.53 Å². The smallest absolute Gasteiger partial charge is 0.239 e. The van der Waals surface area contributed by atoms with E-state index >= 15 is 0 Å². The lowest BCUT2D eigenvalue weighted by Gasteiger charge is -2.45. The summed E-state index contributed by atoms with van der Waals surface area (Å²) in [6.07, 6.45) is 5.60. The van der Waals surface area contributed by atoms with Gasteiger partial charge >= 0.3 is 0 Å². The zero-order chi connectivity index (χ0) is 11.6. The lowest BCUT2D eigenvalue weighted by atomic mass is 9.85. The molecule has 2 N–H and O–H groups in total. The topological polar surface area (TPSA) is 55.6 Å². The summed E-state index contributed by atoms with van der Waals surface area (Å²) in [6, 6.07) is -0.390. The number of hydrogen-bond acceptors (Lipinski definition) is 3. The van der Waals surface area contributed by atoms with Crippen molar-refractivity contribution in [2.75, 3.05) is 19.7 Å². The molecule has 0 unspecified atom stereocenters. The molecule has 0 radical (unpaired) electrons. The van der Waals surface area contributed by atoms with E-state index in [1.807, 2.05) is 4.90 Å². The molecule has 0 aliphatic carbocycles. The van der Waals surface area contributed by atoms with E-state index in [-0.39, 0.29) is 11.5 Å². The van der Waals surface area contributed by atoms with E-state index in [0.717, 1.165) is 45.4 Å². The molecule has 4 heteroatoms. The molecular formula is C12H22N2O2. The summed E-state index contributed by atoms with van der Waals surface area (Å²) in [7, 11) is 0. The first-order chi connectivity index (χ1) is 7.63. The minimum absolute atomic E-state index is 0.0545. The molecule has 0 aromatic carbocycles. The van der Waals surface area contributed by atoms with Crippen LogP contribution in [0.25, 0.3) is 0 Å². The molecule has 0 bridgehead atoms. The van der Waals surface area contributed by atoms with Crippen LogP contribution in [-0.4, -0.2) is 42.1 Å². The van der Waals surface area contributed by atoms with Gasteiger partial charge in [-0.2, -0.15) is 0 Å². The molecule has 2 rings (SSSR count). The second-order valence-electron chi connectivity index (χ2n) is 5.14. The Hall–Kier alpha value is -0.610. The largest absolute Gasteiger partial charge is 0.373 e. The predicted molar refractivity (Wildman–Crippen MR) is 62.0 cm³/mol. The molecule has 2 aliphatic rings. The maximum Gasteiger partial charge on any atom is 0.239 e. The number of carbonyl (C=O) groups excluding carboxylic acids is 1. The van der Waals surface area contributed by atoms with Crippen LogP contribution in [0.3, 0.4) is 0 Å². The first-order valence-corrected chi connectivity index (χ1v) is 6.31. The molecule has 16 heavy (non-hydrogen) atoms. The van der Waals surface area contributed by atoms with Crippen molar-refractivity contribution in [3.63, 3.8) is 0 Å².